The lowest BCUT2D eigenvalue weighted by Gasteiger charge is -2.15. The molecular formula is C10H6F6O2. The van der Waals surface area contributed by atoms with Crippen molar-refractivity contribution in [3.05, 3.63) is 29.1 Å². The summed E-state index contributed by atoms with van der Waals surface area (Å²) >= 11 is 0. The Morgan fingerprint density at radius 3 is 2.22 bits per heavy atom. The van der Waals surface area contributed by atoms with Crippen LogP contribution in [-0.2, 0) is 6.18 Å². The Labute approximate surface area is 97.2 Å². The second-order valence-electron chi connectivity index (χ2n) is 3.24. The molecule has 1 aromatic rings. The van der Waals surface area contributed by atoms with Crippen LogP contribution in [0.3, 0.4) is 0 Å². The standard InChI is InChI=1S/C10H6F6O2/c1-4(17)5-2-3-6(10(14,15)16)8(7(5)11)18-9(12)13/h2-3,9H,1H3. The van der Waals surface area contributed by atoms with E-state index in [1.165, 1.54) is 0 Å². The summed E-state index contributed by atoms with van der Waals surface area (Å²) in [5, 5.41) is 0. The van der Waals surface area contributed by atoms with Crippen molar-refractivity contribution >= 4 is 5.78 Å². The average Bonchev–Trinajstić information content (AvgIpc) is 2.17. The third-order valence-electron chi connectivity index (χ3n) is 1.99. The molecule has 1 aromatic carbocycles. The molecule has 0 unspecified atom stereocenters. The Hall–Kier alpha value is -1.73. The van der Waals surface area contributed by atoms with Crippen molar-refractivity contribution in [3.8, 4) is 5.75 Å². The number of carbonyl (C=O) groups excluding carboxylic acids is 1. The summed E-state index contributed by atoms with van der Waals surface area (Å²) in [6.45, 7) is -2.75. The van der Waals surface area contributed by atoms with Gasteiger partial charge in [0.15, 0.2) is 17.3 Å². The summed E-state index contributed by atoms with van der Waals surface area (Å²) in [5.41, 5.74) is -2.45. The first kappa shape index (κ1) is 14.3. The van der Waals surface area contributed by atoms with E-state index in [0.717, 1.165) is 6.92 Å². The molecule has 1 rings (SSSR count). The molecule has 0 N–H and O–H groups in total. The number of ether oxygens (including phenoxy) is 1. The Balaban J connectivity index is 3.46. The van der Waals surface area contributed by atoms with Gasteiger partial charge >= 0.3 is 12.8 Å². The second kappa shape index (κ2) is 4.87. The van der Waals surface area contributed by atoms with Gasteiger partial charge in [0.2, 0.25) is 0 Å². The van der Waals surface area contributed by atoms with E-state index in [0.29, 0.717) is 12.1 Å². The molecule has 0 aliphatic heterocycles. The van der Waals surface area contributed by atoms with Crippen molar-refractivity contribution in [2.45, 2.75) is 19.7 Å². The monoisotopic (exact) mass is 272 g/mol. The molecule has 0 fully saturated rings. The van der Waals surface area contributed by atoms with Crippen LogP contribution < -0.4 is 4.74 Å². The number of hydrogen-bond donors (Lipinski definition) is 0. The van der Waals surface area contributed by atoms with Gasteiger partial charge in [0.1, 0.15) is 5.56 Å². The van der Waals surface area contributed by atoms with Crippen LogP contribution in [0.2, 0.25) is 0 Å². The predicted molar refractivity (Wildman–Crippen MR) is 48.0 cm³/mol. The second-order valence-corrected chi connectivity index (χ2v) is 3.24. The summed E-state index contributed by atoms with van der Waals surface area (Å²) in [6.07, 6.45) is -5.07. The van der Waals surface area contributed by atoms with Crippen molar-refractivity contribution in [1.82, 2.24) is 0 Å². The van der Waals surface area contributed by atoms with Gasteiger partial charge in [0, 0.05) is 0 Å². The third-order valence-corrected chi connectivity index (χ3v) is 1.99. The van der Waals surface area contributed by atoms with Crippen molar-refractivity contribution in [3.63, 3.8) is 0 Å². The Morgan fingerprint density at radius 1 is 1.28 bits per heavy atom. The summed E-state index contributed by atoms with van der Waals surface area (Å²) < 4.78 is 78.2. The van der Waals surface area contributed by atoms with Gasteiger partial charge in [0.25, 0.3) is 0 Å². The topological polar surface area (TPSA) is 26.3 Å². The summed E-state index contributed by atoms with van der Waals surface area (Å²) in [7, 11) is 0. The normalized spacial score (nSPS) is 11.8. The molecule has 8 heteroatoms. The molecule has 100 valence electrons. The first-order valence-corrected chi connectivity index (χ1v) is 4.50. The highest BCUT2D eigenvalue weighted by molar-refractivity contribution is 5.94. The lowest BCUT2D eigenvalue weighted by atomic mass is 10.1. The minimum atomic E-state index is -5.07. The summed E-state index contributed by atoms with van der Waals surface area (Å²) in [5.74, 6) is -4.33. The number of alkyl halides is 5. The number of rotatable bonds is 3. The number of halogens is 6. The molecule has 0 radical (unpaired) electrons. The highest BCUT2D eigenvalue weighted by Crippen LogP contribution is 2.39. The lowest BCUT2D eigenvalue weighted by molar-refractivity contribution is -0.142. The minimum absolute atomic E-state index is 0.317. The fourth-order valence-corrected chi connectivity index (χ4v) is 1.26. The van der Waals surface area contributed by atoms with Crippen LogP contribution in [0, 0.1) is 5.82 Å². The fraction of sp³-hybridized carbons (Fsp3) is 0.300. The van der Waals surface area contributed by atoms with E-state index < -0.39 is 41.3 Å². The number of ketones is 1. The molecule has 0 bridgehead atoms. The summed E-state index contributed by atoms with van der Waals surface area (Å²) in [6, 6.07) is 0.885. The van der Waals surface area contributed by atoms with Crippen molar-refractivity contribution in [1.29, 1.82) is 0 Å². The molecule has 0 aromatic heterocycles. The zero-order chi connectivity index (χ0) is 14.1. The van der Waals surface area contributed by atoms with Gasteiger partial charge < -0.3 is 4.74 Å². The SMILES string of the molecule is CC(=O)c1ccc(C(F)(F)F)c(OC(F)F)c1F. The maximum atomic E-state index is 13.5. The molecule has 0 atom stereocenters. The smallest absolute Gasteiger partial charge is 0.420 e. The Kier molecular flexibility index (Phi) is 3.88. The molecule has 0 saturated carbocycles. The Morgan fingerprint density at radius 2 is 1.83 bits per heavy atom. The number of carbonyl (C=O) groups is 1. The van der Waals surface area contributed by atoms with E-state index in [-0.39, 0.29) is 0 Å². The van der Waals surface area contributed by atoms with Crippen LogP contribution in [0.1, 0.15) is 22.8 Å². The molecule has 0 aliphatic rings. The van der Waals surface area contributed by atoms with Gasteiger partial charge in [-0.05, 0) is 19.1 Å². The minimum Gasteiger partial charge on any atom is -0.431 e. The van der Waals surface area contributed by atoms with Crippen LogP contribution in [-0.4, -0.2) is 12.4 Å². The maximum absolute atomic E-state index is 13.5. The predicted octanol–water partition coefficient (Wildman–Crippen LogP) is 3.65. The first-order valence-electron chi connectivity index (χ1n) is 4.50. The number of Topliss-reactive ketones (excluding diaryl/α,β-unsaturated/α-hetero) is 1. The van der Waals surface area contributed by atoms with E-state index in [9.17, 15) is 31.1 Å². The van der Waals surface area contributed by atoms with Gasteiger partial charge in [-0.3, -0.25) is 4.79 Å². The van der Waals surface area contributed by atoms with E-state index >= 15 is 0 Å². The molecule has 18 heavy (non-hydrogen) atoms. The quantitative estimate of drug-likeness (QED) is 0.620. The van der Waals surface area contributed by atoms with E-state index in [1.807, 2.05) is 0 Å². The third kappa shape index (κ3) is 2.93. The van der Waals surface area contributed by atoms with Crippen LogP contribution >= 0.6 is 0 Å². The molecule has 0 amide bonds. The van der Waals surface area contributed by atoms with E-state index in [4.69, 9.17) is 0 Å². The molecule has 0 saturated heterocycles. The number of benzene rings is 1. The fourth-order valence-electron chi connectivity index (χ4n) is 1.26. The number of hydrogen-bond acceptors (Lipinski definition) is 2. The molecule has 2 nitrogen and oxygen atoms in total. The largest absolute Gasteiger partial charge is 0.431 e. The maximum Gasteiger partial charge on any atom is 0.420 e. The molecular weight excluding hydrogens is 266 g/mol. The summed E-state index contributed by atoms with van der Waals surface area (Å²) in [4.78, 5) is 10.9. The molecule has 0 spiro atoms. The van der Waals surface area contributed by atoms with E-state index in [2.05, 4.69) is 4.74 Å². The van der Waals surface area contributed by atoms with Crippen molar-refractivity contribution in [2.24, 2.45) is 0 Å². The van der Waals surface area contributed by atoms with Crippen molar-refractivity contribution in [2.75, 3.05) is 0 Å². The highest BCUT2D eigenvalue weighted by atomic mass is 19.4. The van der Waals surface area contributed by atoms with Crippen LogP contribution in [0.5, 0.6) is 5.75 Å². The van der Waals surface area contributed by atoms with Gasteiger partial charge in [0.05, 0.1) is 5.56 Å². The zero-order valence-electron chi connectivity index (χ0n) is 8.82. The van der Waals surface area contributed by atoms with E-state index in [1.54, 1.807) is 0 Å². The first-order chi connectivity index (χ1) is 8.14. The Bertz CT molecular complexity index is 466. The molecule has 0 aliphatic carbocycles. The van der Waals surface area contributed by atoms with Gasteiger partial charge in [-0.1, -0.05) is 0 Å². The highest BCUT2D eigenvalue weighted by Gasteiger charge is 2.37. The van der Waals surface area contributed by atoms with Gasteiger partial charge in [-0.2, -0.15) is 22.0 Å². The van der Waals surface area contributed by atoms with Crippen LogP contribution in [0.4, 0.5) is 26.3 Å². The molecule has 0 heterocycles. The van der Waals surface area contributed by atoms with Crippen LogP contribution in [0.15, 0.2) is 12.1 Å². The van der Waals surface area contributed by atoms with Gasteiger partial charge in [-0.15, -0.1) is 0 Å². The lowest BCUT2D eigenvalue weighted by Crippen LogP contribution is -2.14. The zero-order valence-corrected chi connectivity index (χ0v) is 8.82. The van der Waals surface area contributed by atoms with Gasteiger partial charge in [-0.25, -0.2) is 4.39 Å². The van der Waals surface area contributed by atoms with Crippen LogP contribution in [0.25, 0.3) is 0 Å². The average molecular weight is 272 g/mol. The van der Waals surface area contributed by atoms with Crippen molar-refractivity contribution < 1.29 is 35.9 Å².